The van der Waals surface area contributed by atoms with E-state index in [4.69, 9.17) is 9.47 Å². The number of pyridine rings is 1. The van der Waals surface area contributed by atoms with Crippen LogP contribution in [0, 0.1) is 5.92 Å². The van der Waals surface area contributed by atoms with Crippen LogP contribution >= 0.6 is 0 Å². The van der Waals surface area contributed by atoms with Crippen molar-refractivity contribution < 1.29 is 24.2 Å². The standard InChI is InChI=1S/C19H28N2O5/c1-4-6-13-7-5-8-14(19(24)26-12(2)11-13)21-18(23)16-17(22)15(25-3)9-10-20-16/h9-10,12-14,22H,4-8,11H2,1-3H3,(H,21,23)/t12?,13?,14-/m0/s1. The number of nitrogens with zero attached hydrogens (tertiary/aromatic N) is 1. The average Bonchev–Trinajstić information content (AvgIpc) is 2.66. The molecule has 0 saturated carbocycles. The summed E-state index contributed by atoms with van der Waals surface area (Å²) >= 11 is 0. The van der Waals surface area contributed by atoms with Crippen molar-refractivity contribution >= 4 is 11.9 Å². The minimum atomic E-state index is -0.752. The second kappa shape index (κ2) is 9.40. The van der Waals surface area contributed by atoms with Gasteiger partial charge in [-0.1, -0.05) is 32.6 Å². The molecule has 2 rings (SSSR count). The number of nitrogens with one attached hydrogen (secondary N) is 1. The van der Waals surface area contributed by atoms with Gasteiger partial charge in [0.15, 0.2) is 17.2 Å². The van der Waals surface area contributed by atoms with E-state index >= 15 is 0 Å². The Morgan fingerprint density at radius 3 is 2.92 bits per heavy atom. The van der Waals surface area contributed by atoms with Crippen molar-refractivity contribution in [1.82, 2.24) is 10.3 Å². The summed E-state index contributed by atoms with van der Waals surface area (Å²) in [6, 6.07) is 0.702. The van der Waals surface area contributed by atoms with Gasteiger partial charge in [0.1, 0.15) is 6.04 Å². The molecule has 1 aliphatic rings. The van der Waals surface area contributed by atoms with E-state index in [1.807, 2.05) is 6.92 Å². The van der Waals surface area contributed by atoms with Crippen molar-refractivity contribution in [3.05, 3.63) is 18.0 Å². The molecule has 0 aliphatic carbocycles. The van der Waals surface area contributed by atoms with Gasteiger partial charge in [-0.25, -0.2) is 9.78 Å². The Morgan fingerprint density at radius 2 is 2.23 bits per heavy atom. The fourth-order valence-electron chi connectivity index (χ4n) is 3.44. The Kier molecular flexibility index (Phi) is 7.24. The maximum absolute atomic E-state index is 12.5. The lowest BCUT2D eigenvalue weighted by molar-refractivity contribution is -0.151. The Bertz CT molecular complexity index is 634. The normalized spacial score (nSPS) is 24.0. The number of aromatic hydroxyl groups is 1. The smallest absolute Gasteiger partial charge is 0.328 e. The molecule has 144 valence electrons. The number of esters is 1. The van der Waals surface area contributed by atoms with Crippen LogP contribution in [0.1, 0.15) is 62.9 Å². The number of amides is 1. The number of carbonyl (C=O) groups excluding carboxylic acids is 2. The van der Waals surface area contributed by atoms with Gasteiger partial charge in [-0.3, -0.25) is 4.79 Å². The minimum Gasteiger partial charge on any atom is -0.503 e. The van der Waals surface area contributed by atoms with Crippen molar-refractivity contribution in [3.63, 3.8) is 0 Å². The number of cyclic esters (lactones) is 1. The molecular weight excluding hydrogens is 336 g/mol. The lowest BCUT2D eigenvalue weighted by Crippen LogP contribution is -2.42. The number of rotatable bonds is 5. The van der Waals surface area contributed by atoms with E-state index in [1.165, 1.54) is 19.4 Å². The number of ether oxygens (including phenoxy) is 2. The summed E-state index contributed by atoms with van der Waals surface area (Å²) in [6.45, 7) is 4.04. The van der Waals surface area contributed by atoms with E-state index in [1.54, 1.807) is 0 Å². The molecule has 1 aromatic rings. The molecule has 0 bridgehead atoms. The first-order valence-electron chi connectivity index (χ1n) is 9.19. The molecule has 1 saturated heterocycles. The molecule has 0 spiro atoms. The van der Waals surface area contributed by atoms with Gasteiger partial charge in [0.25, 0.3) is 5.91 Å². The largest absolute Gasteiger partial charge is 0.503 e. The SMILES string of the molecule is CCCC1CCC[C@H](NC(=O)c2nccc(OC)c2O)C(=O)OC(C)C1. The van der Waals surface area contributed by atoms with Crippen LogP contribution in [0.2, 0.25) is 0 Å². The first-order valence-corrected chi connectivity index (χ1v) is 9.19. The van der Waals surface area contributed by atoms with Crippen LogP contribution in [0.3, 0.4) is 0 Å². The molecule has 2 heterocycles. The summed E-state index contributed by atoms with van der Waals surface area (Å²) < 4.78 is 10.5. The van der Waals surface area contributed by atoms with Crippen LogP contribution in [0.5, 0.6) is 11.5 Å². The van der Waals surface area contributed by atoms with Gasteiger partial charge in [0.05, 0.1) is 13.2 Å². The van der Waals surface area contributed by atoms with Gasteiger partial charge < -0.3 is 19.9 Å². The lowest BCUT2D eigenvalue weighted by atomic mass is 9.91. The van der Waals surface area contributed by atoms with Crippen LogP contribution < -0.4 is 10.1 Å². The summed E-state index contributed by atoms with van der Waals surface area (Å²) in [7, 11) is 1.39. The van der Waals surface area contributed by atoms with Gasteiger partial charge in [-0.15, -0.1) is 0 Å². The molecule has 3 atom stereocenters. The average molecular weight is 364 g/mol. The molecule has 1 fully saturated rings. The number of carbonyl (C=O) groups is 2. The third-order valence-electron chi connectivity index (χ3n) is 4.70. The van der Waals surface area contributed by atoms with E-state index < -0.39 is 17.9 Å². The molecule has 2 N–H and O–H groups in total. The predicted molar refractivity (Wildman–Crippen MR) is 96.1 cm³/mol. The number of hydrogen-bond acceptors (Lipinski definition) is 6. The number of methoxy groups -OCH3 is 1. The van der Waals surface area contributed by atoms with Crippen molar-refractivity contribution in [1.29, 1.82) is 0 Å². The first kappa shape index (κ1) is 20.0. The van der Waals surface area contributed by atoms with E-state index in [9.17, 15) is 14.7 Å². The summed E-state index contributed by atoms with van der Waals surface area (Å²) in [4.78, 5) is 28.8. The zero-order chi connectivity index (χ0) is 19.1. The maximum Gasteiger partial charge on any atom is 0.328 e. The molecule has 7 nitrogen and oxygen atoms in total. The van der Waals surface area contributed by atoms with Crippen molar-refractivity contribution in [2.75, 3.05) is 7.11 Å². The van der Waals surface area contributed by atoms with Crippen molar-refractivity contribution in [2.45, 2.75) is 64.5 Å². The molecule has 2 unspecified atom stereocenters. The summed E-state index contributed by atoms with van der Waals surface area (Å²) in [6.07, 6.45) is 6.58. The lowest BCUT2D eigenvalue weighted by Gasteiger charge is -2.20. The van der Waals surface area contributed by atoms with Crippen molar-refractivity contribution in [3.8, 4) is 11.5 Å². The van der Waals surface area contributed by atoms with Gasteiger partial charge in [-0.2, -0.15) is 0 Å². The Morgan fingerprint density at radius 1 is 1.46 bits per heavy atom. The second-order valence-electron chi connectivity index (χ2n) is 6.81. The zero-order valence-corrected chi connectivity index (χ0v) is 15.7. The van der Waals surface area contributed by atoms with Crippen LogP contribution in [-0.2, 0) is 9.53 Å². The Hall–Kier alpha value is -2.31. The molecule has 26 heavy (non-hydrogen) atoms. The fourth-order valence-corrected chi connectivity index (χ4v) is 3.44. The maximum atomic E-state index is 12.5. The molecule has 1 amide bonds. The topological polar surface area (TPSA) is 97.8 Å². The Labute approximate surface area is 154 Å². The Balaban J connectivity index is 2.09. The van der Waals surface area contributed by atoms with E-state index in [-0.39, 0.29) is 23.3 Å². The minimum absolute atomic E-state index is 0.151. The number of hydrogen-bond donors (Lipinski definition) is 2. The highest BCUT2D eigenvalue weighted by Crippen LogP contribution is 2.28. The highest BCUT2D eigenvalue weighted by molar-refractivity contribution is 5.97. The summed E-state index contributed by atoms with van der Waals surface area (Å²) in [5.74, 6) is -0.731. The molecular formula is C19H28N2O5. The molecule has 1 aromatic heterocycles. The quantitative estimate of drug-likeness (QED) is 0.780. The zero-order valence-electron chi connectivity index (χ0n) is 15.7. The molecule has 7 heteroatoms. The van der Waals surface area contributed by atoms with Crippen LogP contribution in [0.4, 0.5) is 0 Å². The third kappa shape index (κ3) is 5.09. The number of aromatic nitrogens is 1. The van der Waals surface area contributed by atoms with Gasteiger partial charge in [0.2, 0.25) is 0 Å². The van der Waals surface area contributed by atoms with Crippen molar-refractivity contribution in [2.24, 2.45) is 5.92 Å². The summed E-state index contributed by atoms with van der Waals surface area (Å²) in [5, 5.41) is 12.7. The van der Waals surface area contributed by atoms with Gasteiger partial charge in [-0.05, 0) is 25.7 Å². The monoisotopic (exact) mass is 364 g/mol. The first-order chi connectivity index (χ1) is 12.5. The fraction of sp³-hybridized carbons (Fsp3) is 0.632. The van der Waals surface area contributed by atoms with Crippen LogP contribution in [0.15, 0.2) is 12.3 Å². The highest BCUT2D eigenvalue weighted by Gasteiger charge is 2.29. The summed E-state index contributed by atoms with van der Waals surface area (Å²) in [5.41, 5.74) is -0.172. The third-order valence-corrected chi connectivity index (χ3v) is 4.70. The highest BCUT2D eigenvalue weighted by atomic mass is 16.5. The van der Waals surface area contributed by atoms with Crippen LogP contribution in [0.25, 0.3) is 0 Å². The molecule has 1 aliphatic heterocycles. The predicted octanol–water partition coefficient (Wildman–Crippen LogP) is 2.82. The van der Waals surface area contributed by atoms with E-state index in [2.05, 4.69) is 17.2 Å². The van der Waals surface area contributed by atoms with E-state index in [0.717, 1.165) is 32.1 Å². The molecule has 0 radical (unpaired) electrons. The van der Waals surface area contributed by atoms with Gasteiger partial charge >= 0.3 is 5.97 Å². The van der Waals surface area contributed by atoms with Gasteiger partial charge in [0, 0.05) is 12.3 Å². The molecule has 0 aromatic carbocycles. The second-order valence-corrected chi connectivity index (χ2v) is 6.81. The van der Waals surface area contributed by atoms with E-state index in [0.29, 0.717) is 12.3 Å². The van der Waals surface area contributed by atoms with Crippen LogP contribution in [-0.4, -0.2) is 41.2 Å².